The number of hydrogen-bond acceptors (Lipinski definition) is 2. The predicted octanol–water partition coefficient (Wildman–Crippen LogP) is 3.83. The summed E-state index contributed by atoms with van der Waals surface area (Å²) in [4.78, 5) is 2.12. The van der Waals surface area contributed by atoms with E-state index in [2.05, 4.69) is 18.7 Å². The first-order valence-electron chi connectivity index (χ1n) is 7.49. The number of rotatable bonds is 6. The maximum atomic E-state index is 13.2. The lowest BCUT2D eigenvalue weighted by atomic mass is 10.0. The van der Waals surface area contributed by atoms with E-state index in [-0.39, 0.29) is 18.5 Å². The number of nitrogens with two attached hydrogens (primary N) is 1. The second-order valence-electron chi connectivity index (χ2n) is 6.16. The number of halogens is 3. The van der Waals surface area contributed by atoms with Gasteiger partial charge in [0.1, 0.15) is 0 Å². The first-order chi connectivity index (χ1) is 9.82. The van der Waals surface area contributed by atoms with Gasteiger partial charge in [0, 0.05) is 18.3 Å². The van der Waals surface area contributed by atoms with E-state index < -0.39 is 11.7 Å². The molecule has 5 heteroatoms. The van der Waals surface area contributed by atoms with E-state index in [0.29, 0.717) is 17.6 Å². The minimum absolute atomic E-state index is 0.223. The Morgan fingerprint density at radius 2 is 1.95 bits per heavy atom. The zero-order valence-electron chi connectivity index (χ0n) is 12.6. The summed E-state index contributed by atoms with van der Waals surface area (Å²) in [7, 11) is 0. The van der Waals surface area contributed by atoms with Crippen LogP contribution in [-0.4, -0.2) is 19.1 Å². The molecule has 0 atom stereocenters. The minimum atomic E-state index is -4.33. The van der Waals surface area contributed by atoms with Gasteiger partial charge in [-0.2, -0.15) is 13.2 Å². The molecule has 0 heterocycles. The summed E-state index contributed by atoms with van der Waals surface area (Å²) >= 11 is 0. The SMILES string of the molecule is CC(C)CN(c1ccc(CCN)c(C(F)(F)F)c1)C1CC1. The van der Waals surface area contributed by atoms with E-state index in [1.807, 2.05) is 0 Å². The highest BCUT2D eigenvalue weighted by atomic mass is 19.4. The Labute approximate surface area is 124 Å². The summed E-state index contributed by atoms with van der Waals surface area (Å²) in [6.07, 6.45) is -1.94. The molecule has 0 saturated heterocycles. The van der Waals surface area contributed by atoms with E-state index in [0.717, 1.165) is 19.4 Å². The molecule has 2 nitrogen and oxygen atoms in total. The van der Waals surface area contributed by atoms with Crippen molar-refractivity contribution in [2.45, 2.75) is 45.3 Å². The normalized spacial score (nSPS) is 15.6. The molecule has 1 saturated carbocycles. The maximum absolute atomic E-state index is 13.2. The molecule has 1 aromatic rings. The van der Waals surface area contributed by atoms with E-state index in [1.54, 1.807) is 12.1 Å². The second-order valence-corrected chi connectivity index (χ2v) is 6.16. The third-order valence-electron chi connectivity index (χ3n) is 3.69. The molecule has 0 amide bonds. The molecule has 1 fully saturated rings. The number of alkyl halides is 3. The van der Waals surface area contributed by atoms with Crippen LogP contribution < -0.4 is 10.6 Å². The molecule has 1 aromatic carbocycles. The van der Waals surface area contributed by atoms with Crippen LogP contribution in [0.25, 0.3) is 0 Å². The molecule has 118 valence electrons. The quantitative estimate of drug-likeness (QED) is 0.865. The van der Waals surface area contributed by atoms with E-state index in [9.17, 15) is 13.2 Å². The van der Waals surface area contributed by atoms with Crippen LogP contribution in [0.2, 0.25) is 0 Å². The maximum Gasteiger partial charge on any atom is 0.416 e. The van der Waals surface area contributed by atoms with Crippen molar-refractivity contribution in [3.05, 3.63) is 29.3 Å². The van der Waals surface area contributed by atoms with Crippen LogP contribution >= 0.6 is 0 Å². The van der Waals surface area contributed by atoms with Gasteiger partial charge in [-0.1, -0.05) is 19.9 Å². The molecule has 0 spiro atoms. The molecule has 0 bridgehead atoms. The molecular weight excluding hydrogens is 277 g/mol. The number of nitrogens with zero attached hydrogens (tertiary/aromatic N) is 1. The van der Waals surface area contributed by atoms with Crippen molar-refractivity contribution in [2.24, 2.45) is 11.7 Å². The van der Waals surface area contributed by atoms with Crippen molar-refractivity contribution in [3.8, 4) is 0 Å². The Balaban J connectivity index is 2.35. The molecule has 1 aliphatic carbocycles. The summed E-state index contributed by atoms with van der Waals surface area (Å²) in [6, 6.07) is 5.08. The fraction of sp³-hybridized carbons (Fsp3) is 0.625. The highest BCUT2D eigenvalue weighted by Gasteiger charge is 2.35. The fourth-order valence-electron chi connectivity index (χ4n) is 2.63. The molecule has 0 radical (unpaired) electrons. The van der Waals surface area contributed by atoms with Gasteiger partial charge in [0.15, 0.2) is 0 Å². The molecule has 2 rings (SSSR count). The van der Waals surface area contributed by atoms with E-state index in [1.165, 1.54) is 6.07 Å². The summed E-state index contributed by atoms with van der Waals surface area (Å²) in [5, 5.41) is 0. The van der Waals surface area contributed by atoms with Crippen LogP contribution in [0, 0.1) is 5.92 Å². The van der Waals surface area contributed by atoms with Crippen molar-refractivity contribution in [1.82, 2.24) is 0 Å². The van der Waals surface area contributed by atoms with Crippen LogP contribution in [0.3, 0.4) is 0 Å². The second kappa shape index (κ2) is 6.26. The number of anilines is 1. The van der Waals surface area contributed by atoms with Gasteiger partial charge >= 0.3 is 6.18 Å². The Bertz CT molecular complexity index is 479. The lowest BCUT2D eigenvalue weighted by Gasteiger charge is -2.28. The molecule has 21 heavy (non-hydrogen) atoms. The molecule has 0 unspecified atom stereocenters. The fourth-order valence-corrected chi connectivity index (χ4v) is 2.63. The van der Waals surface area contributed by atoms with Crippen molar-refractivity contribution >= 4 is 5.69 Å². The molecule has 0 aromatic heterocycles. The van der Waals surface area contributed by atoms with Gasteiger partial charge < -0.3 is 10.6 Å². The lowest BCUT2D eigenvalue weighted by Crippen LogP contribution is -2.30. The van der Waals surface area contributed by atoms with Gasteiger partial charge in [0.25, 0.3) is 0 Å². The van der Waals surface area contributed by atoms with Gasteiger partial charge in [-0.05, 0) is 49.4 Å². The number of hydrogen-bond donors (Lipinski definition) is 1. The third kappa shape index (κ3) is 4.13. The number of benzene rings is 1. The average molecular weight is 300 g/mol. The van der Waals surface area contributed by atoms with Crippen molar-refractivity contribution in [1.29, 1.82) is 0 Å². The summed E-state index contributed by atoms with van der Waals surface area (Å²) < 4.78 is 39.7. The predicted molar refractivity (Wildman–Crippen MR) is 79.4 cm³/mol. The smallest absolute Gasteiger partial charge is 0.368 e. The highest BCUT2D eigenvalue weighted by molar-refractivity contribution is 5.53. The first kappa shape index (κ1) is 16.1. The standard InChI is InChI=1S/C16H23F3N2/c1-11(2)10-21(13-5-6-13)14-4-3-12(7-8-20)15(9-14)16(17,18)19/h3-4,9,11,13H,5-8,10,20H2,1-2H3. The summed E-state index contributed by atoms with van der Waals surface area (Å²) in [5.41, 5.74) is 5.84. The van der Waals surface area contributed by atoms with Gasteiger partial charge in [-0.25, -0.2) is 0 Å². The third-order valence-corrected chi connectivity index (χ3v) is 3.69. The van der Waals surface area contributed by atoms with Gasteiger partial charge in [-0.3, -0.25) is 0 Å². The zero-order chi connectivity index (χ0) is 15.6. The van der Waals surface area contributed by atoms with Crippen LogP contribution in [0.4, 0.5) is 18.9 Å². The van der Waals surface area contributed by atoms with Gasteiger partial charge in [0.05, 0.1) is 5.56 Å². The molecular formula is C16H23F3N2. The van der Waals surface area contributed by atoms with Crippen LogP contribution in [0.15, 0.2) is 18.2 Å². The van der Waals surface area contributed by atoms with Crippen molar-refractivity contribution in [2.75, 3.05) is 18.0 Å². The van der Waals surface area contributed by atoms with Crippen molar-refractivity contribution < 1.29 is 13.2 Å². The summed E-state index contributed by atoms with van der Waals surface area (Å²) in [5.74, 6) is 0.420. The van der Waals surface area contributed by atoms with Gasteiger partial charge in [0.2, 0.25) is 0 Å². The zero-order valence-corrected chi connectivity index (χ0v) is 12.6. The average Bonchev–Trinajstić information content (AvgIpc) is 3.19. The van der Waals surface area contributed by atoms with Gasteiger partial charge in [-0.15, -0.1) is 0 Å². The Morgan fingerprint density at radius 1 is 1.29 bits per heavy atom. The van der Waals surface area contributed by atoms with Crippen LogP contribution in [-0.2, 0) is 12.6 Å². The molecule has 2 N–H and O–H groups in total. The lowest BCUT2D eigenvalue weighted by molar-refractivity contribution is -0.138. The Morgan fingerprint density at radius 3 is 2.43 bits per heavy atom. The monoisotopic (exact) mass is 300 g/mol. The van der Waals surface area contributed by atoms with Crippen molar-refractivity contribution in [3.63, 3.8) is 0 Å². The van der Waals surface area contributed by atoms with E-state index in [4.69, 9.17) is 5.73 Å². The largest absolute Gasteiger partial charge is 0.416 e. The Hall–Kier alpha value is -1.23. The topological polar surface area (TPSA) is 29.3 Å². The highest BCUT2D eigenvalue weighted by Crippen LogP contribution is 2.38. The Kier molecular flexibility index (Phi) is 4.81. The van der Waals surface area contributed by atoms with Crippen LogP contribution in [0.5, 0.6) is 0 Å². The van der Waals surface area contributed by atoms with E-state index >= 15 is 0 Å². The molecule has 1 aliphatic rings. The minimum Gasteiger partial charge on any atom is -0.368 e. The van der Waals surface area contributed by atoms with Crippen LogP contribution in [0.1, 0.15) is 37.8 Å². The molecule has 0 aliphatic heterocycles. The summed E-state index contributed by atoms with van der Waals surface area (Å²) in [6.45, 7) is 5.19. The first-order valence-corrected chi connectivity index (χ1v) is 7.49.